The summed E-state index contributed by atoms with van der Waals surface area (Å²) in [5.41, 5.74) is 0. The molecule has 0 spiro atoms. The van der Waals surface area contributed by atoms with Crippen molar-refractivity contribution in [2.75, 3.05) is 23.8 Å². The highest BCUT2D eigenvalue weighted by Crippen LogP contribution is 2.24. The fourth-order valence-corrected chi connectivity index (χ4v) is 4.91. The molecule has 2 amide bonds. The lowest BCUT2D eigenvalue weighted by molar-refractivity contribution is -0.140. The molecule has 0 aliphatic carbocycles. The molecular formula is C12H20N2O2S2. The van der Waals surface area contributed by atoms with Gasteiger partial charge in [0.05, 0.1) is 12.5 Å². The van der Waals surface area contributed by atoms with Gasteiger partial charge in [0.1, 0.15) is 0 Å². The van der Waals surface area contributed by atoms with E-state index in [0.717, 1.165) is 12.3 Å². The first-order valence-electron chi connectivity index (χ1n) is 6.38. The van der Waals surface area contributed by atoms with E-state index in [1.807, 2.05) is 37.4 Å². The van der Waals surface area contributed by atoms with Crippen LogP contribution in [0.3, 0.4) is 0 Å². The maximum absolute atomic E-state index is 12.1. The number of rotatable bonds is 4. The lowest BCUT2D eigenvalue weighted by Crippen LogP contribution is -2.44. The van der Waals surface area contributed by atoms with Gasteiger partial charge in [0, 0.05) is 35.1 Å². The average molecular weight is 288 g/mol. The number of amides is 2. The molecule has 0 aromatic rings. The van der Waals surface area contributed by atoms with E-state index in [9.17, 15) is 9.59 Å². The molecule has 2 atom stereocenters. The molecule has 0 aromatic heterocycles. The van der Waals surface area contributed by atoms with E-state index in [0.29, 0.717) is 11.7 Å². The summed E-state index contributed by atoms with van der Waals surface area (Å²) in [7, 11) is 0. The van der Waals surface area contributed by atoms with Gasteiger partial charge >= 0.3 is 0 Å². The molecule has 18 heavy (non-hydrogen) atoms. The summed E-state index contributed by atoms with van der Waals surface area (Å²) in [5.74, 6) is 3.46. The van der Waals surface area contributed by atoms with E-state index in [4.69, 9.17) is 0 Å². The molecule has 102 valence electrons. The summed E-state index contributed by atoms with van der Waals surface area (Å²) in [5, 5.41) is 3.84. The van der Waals surface area contributed by atoms with Crippen LogP contribution in [0.2, 0.25) is 0 Å². The number of carbonyl (C=O) groups excluding carboxylic acids is 2. The molecule has 0 saturated carbocycles. The Bertz CT molecular complexity index is 330. The summed E-state index contributed by atoms with van der Waals surface area (Å²) in [4.78, 5) is 25.2. The zero-order valence-electron chi connectivity index (χ0n) is 10.8. The van der Waals surface area contributed by atoms with Crippen molar-refractivity contribution in [1.29, 1.82) is 0 Å². The Morgan fingerprint density at radius 3 is 2.72 bits per heavy atom. The molecule has 2 unspecified atom stereocenters. The molecule has 2 saturated heterocycles. The highest BCUT2D eigenvalue weighted by Gasteiger charge is 2.39. The minimum absolute atomic E-state index is 0.0311. The average Bonchev–Trinajstić information content (AvgIpc) is 2.63. The largest absolute Gasteiger partial charge is 0.304 e. The van der Waals surface area contributed by atoms with Crippen molar-refractivity contribution in [1.82, 2.24) is 10.2 Å². The Hall–Kier alpha value is -0.200. The Kier molecular flexibility index (Phi) is 4.98. The van der Waals surface area contributed by atoms with Crippen LogP contribution in [0.25, 0.3) is 0 Å². The number of thioether (sulfide) groups is 2. The number of nitrogens with zero attached hydrogens (tertiary/aromatic N) is 1. The van der Waals surface area contributed by atoms with Crippen molar-refractivity contribution in [3.8, 4) is 0 Å². The summed E-state index contributed by atoms with van der Waals surface area (Å²) in [6.45, 7) is 4.59. The minimum atomic E-state index is -0.299. The SMILES string of the molecule is CC(C)N1C(=O)CC(NCC2CSCCS2)C1=O. The van der Waals surface area contributed by atoms with Crippen molar-refractivity contribution >= 4 is 35.3 Å². The first-order valence-corrected chi connectivity index (χ1v) is 8.58. The third-order valence-electron chi connectivity index (χ3n) is 3.18. The summed E-state index contributed by atoms with van der Waals surface area (Å²) < 4.78 is 0. The fourth-order valence-electron chi connectivity index (χ4n) is 2.28. The molecule has 4 nitrogen and oxygen atoms in total. The van der Waals surface area contributed by atoms with Gasteiger partial charge in [-0.1, -0.05) is 0 Å². The van der Waals surface area contributed by atoms with E-state index in [1.165, 1.54) is 16.4 Å². The smallest absolute Gasteiger partial charge is 0.247 e. The summed E-state index contributed by atoms with van der Waals surface area (Å²) in [6, 6.07) is -0.330. The van der Waals surface area contributed by atoms with Gasteiger partial charge in [0.2, 0.25) is 11.8 Å². The van der Waals surface area contributed by atoms with E-state index >= 15 is 0 Å². The maximum Gasteiger partial charge on any atom is 0.247 e. The van der Waals surface area contributed by atoms with Crippen LogP contribution < -0.4 is 5.32 Å². The van der Waals surface area contributed by atoms with Gasteiger partial charge in [-0.25, -0.2) is 0 Å². The van der Waals surface area contributed by atoms with Gasteiger partial charge in [-0.15, -0.1) is 0 Å². The number of carbonyl (C=O) groups is 2. The van der Waals surface area contributed by atoms with E-state index in [1.54, 1.807) is 0 Å². The molecule has 0 radical (unpaired) electrons. The maximum atomic E-state index is 12.1. The number of hydrogen-bond donors (Lipinski definition) is 1. The lowest BCUT2D eigenvalue weighted by Gasteiger charge is -2.23. The predicted octanol–water partition coefficient (Wildman–Crippen LogP) is 0.961. The molecule has 2 fully saturated rings. The van der Waals surface area contributed by atoms with Crippen molar-refractivity contribution in [3.63, 3.8) is 0 Å². The number of hydrogen-bond acceptors (Lipinski definition) is 5. The van der Waals surface area contributed by atoms with Crippen LogP contribution in [-0.2, 0) is 9.59 Å². The second-order valence-electron chi connectivity index (χ2n) is 4.93. The molecule has 0 bridgehead atoms. The first-order chi connectivity index (χ1) is 8.59. The molecule has 2 aliphatic heterocycles. The standard InChI is InChI=1S/C12H20N2O2S2/c1-8(2)14-11(15)5-10(12(14)16)13-6-9-7-17-3-4-18-9/h8-10,13H,3-7H2,1-2H3. The Morgan fingerprint density at radius 1 is 1.39 bits per heavy atom. The van der Waals surface area contributed by atoms with Crippen LogP contribution in [0, 0.1) is 0 Å². The normalized spacial score (nSPS) is 29.4. The molecule has 0 aromatic carbocycles. The summed E-state index contributed by atoms with van der Waals surface area (Å²) >= 11 is 3.93. The lowest BCUT2D eigenvalue weighted by atomic mass is 10.2. The quantitative estimate of drug-likeness (QED) is 0.781. The second kappa shape index (κ2) is 6.30. The fraction of sp³-hybridized carbons (Fsp3) is 0.833. The van der Waals surface area contributed by atoms with Crippen LogP contribution in [0.15, 0.2) is 0 Å². The molecule has 1 N–H and O–H groups in total. The van der Waals surface area contributed by atoms with Gasteiger partial charge in [-0.05, 0) is 13.8 Å². The van der Waals surface area contributed by atoms with Gasteiger partial charge in [0.15, 0.2) is 0 Å². The number of nitrogens with one attached hydrogen (secondary N) is 1. The van der Waals surface area contributed by atoms with Crippen LogP contribution in [0.4, 0.5) is 0 Å². The van der Waals surface area contributed by atoms with E-state index < -0.39 is 0 Å². The van der Waals surface area contributed by atoms with Crippen molar-refractivity contribution in [2.45, 2.75) is 37.6 Å². The van der Waals surface area contributed by atoms with Crippen LogP contribution >= 0.6 is 23.5 Å². The third-order valence-corrected chi connectivity index (χ3v) is 6.02. The molecule has 2 aliphatic rings. The van der Waals surface area contributed by atoms with E-state index in [2.05, 4.69) is 5.32 Å². The topological polar surface area (TPSA) is 49.4 Å². The Morgan fingerprint density at radius 2 is 2.17 bits per heavy atom. The van der Waals surface area contributed by atoms with E-state index in [-0.39, 0.29) is 23.9 Å². The highest BCUT2D eigenvalue weighted by atomic mass is 32.2. The highest BCUT2D eigenvalue weighted by molar-refractivity contribution is 8.06. The molecule has 2 rings (SSSR count). The number of likely N-dealkylation sites (tertiary alicyclic amines) is 1. The zero-order chi connectivity index (χ0) is 13.1. The second-order valence-corrected chi connectivity index (χ2v) is 7.49. The monoisotopic (exact) mass is 288 g/mol. The number of imide groups is 1. The summed E-state index contributed by atoms with van der Waals surface area (Å²) in [6.07, 6.45) is 0.321. The molecule has 6 heteroatoms. The third kappa shape index (κ3) is 3.22. The van der Waals surface area contributed by atoms with Crippen LogP contribution in [0.5, 0.6) is 0 Å². The van der Waals surface area contributed by atoms with Crippen LogP contribution in [-0.4, -0.2) is 57.9 Å². The molecule has 2 heterocycles. The first kappa shape index (κ1) is 14.2. The van der Waals surface area contributed by atoms with Gasteiger partial charge in [0.25, 0.3) is 0 Å². The van der Waals surface area contributed by atoms with Crippen molar-refractivity contribution < 1.29 is 9.59 Å². The van der Waals surface area contributed by atoms with Crippen LogP contribution in [0.1, 0.15) is 20.3 Å². The Labute approximate surface area is 117 Å². The zero-order valence-corrected chi connectivity index (χ0v) is 12.5. The Balaban J connectivity index is 1.83. The van der Waals surface area contributed by atoms with Crippen molar-refractivity contribution in [3.05, 3.63) is 0 Å². The van der Waals surface area contributed by atoms with Gasteiger partial charge < -0.3 is 5.32 Å². The predicted molar refractivity (Wildman–Crippen MR) is 77.0 cm³/mol. The minimum Gasteiger partial charge on any atom is -0.304 e. The van der Waals surface area contributed by atoms with Crippen molar-refractivity contribution in [2.24, 2.45) is 0 Å². The molecular weight excluding hydrogens is 268 g/mol. The van der Waals surface area contributed by atoms with Gasteiger partial charge in [-0.2, -0.15) is 23.5 Å². The van der Waals surface area contributed by atoms with Gasteiger partial charge in [-0.3, -0.25) is 14.5 Å².